The largest absolute Gasteiger partial charge is 0.458 e. The third-order valence-electron chi connectivity index (χ3n) is 3.07. The first-order valence-electron chi connectivity index (χ1n) is 6.79. The van der Waals surface area contributed by atoms with E-state index in [2.05, 4.69) is 5.32 Å². The van der Waals surface area contributed by atoms with Crippen LogP contribution in [0.15, 0.2) is 28.7 Å². The smallest absolute Gasteiger partial charge is 0.179 e. The topological polar surface area (TPSA) is 43.6 Å². The Kier molecular flexibility index (Phi) is 5.43. The molecule has 1 aromatic heterocycles. The second-order valence-corrected chi connectivity index (χ2v) is 4.76. The molecule has 0 aliphatic heterocycles. The number of halogens is 1. The molecule has 0 aliphatic rings. The van der Waals surface area contributed by atoms with E-state index in [-0.39, 0.29) is 6.04 Å². The van der Waals surface area contributed by atoms with E-state index in [1.54, 1.807) is 0 Å². The number of fused-ring (bicyclic) bond motifs is 1. The Morgan fingerprint density at radius 2 is 1.95 bits per heavy atom. The van der Waals surface area contributed by atoms with E-state index in [4.69, 9.17) is 25.5 Å². The molecule has 1 N–H and O–H groups in total. The van der Waals surface area contributed by atoms with Gasteiger partial charge >= 0.3 is 0 Å². The summed E-state index contributed by atoms with van der Waals surface area (Å²) in [6.45, 7) is 5.02. The van der Waals surface area contributed by atoms with Crippen LogP contribution < -0.4 is 5.32 Å². The second-order valence-electron chi connectivity index (χ2n) is 4.35. The van der Waals surface area contributed by atoms with E-state index in [0.29, 0.717) is 23.8 Å². The highest BCUT2D eigenvalue weighted by atomic mass is 35.5. The zero-order chi connectivity index (χ0) is 14.5. The number of para-hydroxylation sites is 1. The molecule has 0 radical (unpaired) electrons. The molecule has 110 valence electrons. The van der Waals surface area contributed by atoms with Crippen molar-refractivity contribution in [3.63, 3.8) is 0 Å². The molecule has 1 atom stereocenters. The fourth-order valence-corrected chi connectivity index (χ4v) is 2.40. The molecule has 5 heteroatoms. The van der Waals surface area contributed by atoms with Crippen molar-refractivity contribution in [2.24, 2.45) is 0 Å². The molecule has 2 rings (SSSR count). The molecule has 4 nitrogen and oxygen atoms in total. The lowest BCUT2D eigenvalue weighted by Crippen LogP contribution is -2.33. The van der Waals surface area contributed by atoms with Crippen molar-refractivity contribution < 1.29 is 13.9 Å². The van der Waals surface area contributed by atoms with Crippen LogP contribution in [-0.2, 0) is 9.47 Å². The van der Waals surface area contributed by atoms with Gasteiger partial charge in [0.2, 0.25) is 0 Å². The molecule has 0 fully saturated rings. The molecule has 0 aliphatic carbocycles. The van der Waals surface area contributed by atoms with Crippen molar-refractivity contribution in [3.8, 4) is 0 Å². The summed E-state index contributed by atoms with van der Waals surface area (Å²) < 4.78 is 17.1. The molecule has 0 saturated carbocycles. The first kappa shape index (κ1) is 15.3. The molecule has 0 spiro atoms. The highest BCUT2D eigenvalue weighted by molar-refractivity contribution is 6.34. The number of likely N-dealkylation sites (N-methyl/N-ethyl adjacent to an activating group) is 1. The zero-order valence-corrected chi connectivity index (χ0v) is 12.7. The number of furan rings is 1. The molecule has 2 aromatic rings. The van der Waals surface area contributed by atoms with Crippen LogP contribution >= 0.6 is 11.6 Å². The van der Waals surface area contributed by atoms with Crippen LogP contribution in [0.1, 0.15) is 25.6 Å². The number of rotatable bonds is 7. The van der Waals surface area contributed by atoms with Gasteiger partial charge in [0.25, 0.3) is 0 Å². The summed E-state index contributed by atoms with van der Waals surface area (Å²) in [7, 11) is 1.85. The van der Waals surface area contributed by atoms with Gasteiger partial charge in [0, 0.05) is 18.6 Å². The van der Waals surface area contributed by atoms with Crippen LogP contribution in [0.3, 0.4) is 0 Å². The Morgan fingerprint density at radius 3 is 2.50 bits per heavy atom. The standard InChI is InChI=1S/C15H20ClNO3/c1-4-18-15(19-5-2)13(17-3)12-9-10-7-6-8-11(16)14(10)20-12/h6-9,13,15,17H,4-5H2,1-3H3. The van der Waals surface area contributed by atoms with Gasteiger partial charge in [0.15, 0.2) is 11.9 Å². The number of benzene rings is 1. The summed E-state index contributed by atoms with van der Waals surface area (Å²) in [6.07, 6.45) is -0.394. The molecule has 0 bridgehead atoms. The fourth-order valence-electron chi connectivity index (χ4n) is 2.18. The second kappa shape index (κ2) is 7.09. The summed E-state index contributed by atoms with van der Waals surface area (Å²) in [5.41, 5.74) is 0.691. The lowest BCUT2D eigenvalue weighted by Gasteiger charge is -2.24. The van der Waals surface area contributed by atoms with Gasteiger partial charge < -0.3 is 19.2 Å². The van der Waals surface area contributed by atoms with Crippen molar-refractivity contribution in [1.82, 2.24) is 5.32 Å². The van der Waals surface area contributed by atoms with Gasteiger partial charge in [-0.2, -0.15) is 0 Å². The lowest BCUT2D eigenvalue weighted by atomic mass is 10.2. The molecule has 1 aromatic carbocycles. The van der Waals surface area contributed by atoms with E-state index in [0.717, 1.165) is 11.1 Å². The predicted octanol–water partition coefficient (Wildman–Crippen LogP) is 3.75. The summed E-state index contributed by atoms with van der Waals surface area (Å²) in [5.74, 6) is 0.752. The van der Waals surface area contributed by atoms with E-state index in [1.165, 1.54) is 0 Å². The van der Waals surface area contributed by atoms with Crippen molar-refractivity contribution >= 4 is 22.6 Å². The van der Waals surface area contributed by atoms with Crippen LogP contribution in [0.2, 0.25) is 5.02 Å². The number of hydrogen-bond acceptors (Lipinski definition) is 4. The third kappa shape index (κ3) is 3.15. The molecular weight excluding hydrogens is 278 g/mol. The minimum Gasteiger partial charge on any atom is -0.458 e. The van der Waals surface area contributed by atoms with Gasteiger partial charge in [-0.25, -0.2) is 0 Å². The Morgan fingerprint density at radius 1 is 1.25 bits per heavy atom. The Bertz CT molecular complexity index is 549. The van der Waals surface area contributed by atoms with Gasteiger partial charge in [-0.1, -0.05) is 23.7 Å². The molecule has 0 saturated heterocycles. The van der Waals surface area contributed by atoms with E-state index in [9.17, 15) is 0 Å². The summed E-state index contributed by atoms with van der Waals surface area (Å²) >= 11 is 6.14. The van der Waals surface area contributed by atoms with Gasteiger partial charge in [0.1, 0.15) is 11.8 Å². The minimum atomic E-state index is -0.394. The maximum absolute atomic E-state index is 6.14. The summed E-state index contributed by atoms with van der Waals surface area (Å²) in [5, 5.41) is 4.76. The minimum absolute atomic E-state index is 0.182. The molecular formula is C15H20ClNO3. The average molecular weight is 298 g/mol. The fraction of sp³-hybridized carbons (Fsp3) is 0.467. The van der Waals surface area contributed by atoms with Crippen LogP contribution in [0.4, 0.5) is 0 Å². The SMILES string of the molecule is CCOC(OCC)C(NC)c1cc2cccc(Cl)c2o1. The summed E-state index contributed by atoms with van der Waals surface area (Å²) in [6, 6.07) is 7.47. The molecule has 1 unspecified atom stereocenters. The lowest BCUT2D eigenvalue weighted by molar-refractivity contribution is -0.156. The van der Waals surface area contributed by atoms with Crippen molar-refractivity contribution in [2.75, 3.05) is 20.3 Å². The van der Waals surface area contributed by atoms with Crippen LogP contribution in [0.25, 0.3) is 11.0 Å². The summed E-state index contributed by atoms with van der Waals surface area (Å²) in [4.78, 5) is 0. The highest BCUT2D eigenvalue weighted by Crippen LogP contribution is 2.31. The quantitative estimate of drug-likeness (QED) is 0.791. The molecule has 20 heavy (non-hydrogen) atoms. The number of nitrogens with one attached hydrogen (secondary N) is 1. The maximum atomic E-state index is 6.14. The van der Waals surface area contributed by atoms with Crippen molar-refractivity contribution in [2.45, 2.75) is 26.2 Å². The monoisotopic (exact) mass is 297 g/mol. The van der Waals surface area contributed by atoms with Gasteiger partial charge in [-0.05, 0) is 33.0 Å². The molecule has 1 heterocycles. The Labute approximate surface area is 124 Å². The first-order valence-corrected chi connectivity index (χ1v) is 7.17. The van der Waals surface area contributed by atoms with Gasteiger partial charge in [-0.3, -0.25) is 0 Å². The normalized spacial score (nSPS) is 13.2. The predicted molar refractivity (Wildman–Crippen MR) is 80.1 cm³/mol. The van der Waals surface area contributed by atoms with Crippen molar-refractivity contribution in [1.29, 1.82) is 0 Å². The van der Waals surface area contributed by atoms with Gasteiger partial charge in [0.05, 0.1) is 5.02 Å². The Hall–Kier alpha value is -1.07. The average Bonchev–Trinajstić information content (AvgIpc) is 2.85. The first-order chi connectivity index (χ1) is 9.71. The molecule has 0 amide bonds. The highest BCUT2D eigenvalue weighted by Gasteiger charge is 2.26. The van der Waals surface area contributed by atoms with Crippen LogP contribution in [-0.4, -0.2) is 26.6 Å². The van der Waals surface area contributed by atoms with Gasteiger partial charge in [-0.15, -0.1) is 0 Å². The van der Waals surface area contributed by atoms with E-state index < -0.39 is 6.29 Å². The maximum Gasteiger partial charge on any atom is 0.179 e. The van der Waals surface area contributed by atoms with E-state index in [1.807, 2.05) is 45.2 Å². The van der Waals surface area contributed by atoms with Crippen LogP contribution in [0, 0.1) is 0 Å². The van der Waals surface area contributed by atoms with Crippen molar-refractivity contribution in [3.05, 3.63) is 35.0 Å². The third-order valence-corrected chi connectivity index (χ3v) is 3.36. The Balaban J connectivity index is 2.34. The number of ether oxygens (including phenoxy) is 2. The number of hydrogen-bond donors (Lipinski definition) is 1. The zero-order valence-electron chi connectivity index (χ0n) is 12.0. The van der Waals surface area contributed by atoms with Crippen LogP contribution in [0.5, 0.6) is 0 Å². The van der Waals surface area contributed by atoms with E-state index >= 15 is 0 Å².